The van der Waals surface area contributed by atoms with Crippen LogP contribution in [0.3, 0.4) is 0 Å². The maximum absolute atomic E-state index is 5.27. The fraction of sp³-hybridized carbons (Fsp3) is 0.0909. The molecule has 24 heavy (non-hydrogen) atoms. The first-order chi connectivity index (χ1) is 11.8. The van der Waals surface area contributed by atoms with Gasteiger partial charge in [-0.2, -0.15) is 0 Å². The summed E-state index contributed by atoms with van der Waals surface area (Å²) in [6.45, 7) is 0. The van der Waals surface area contributed by atoms with E-state index >= 15 is 0 Å². The Morgan fingerprint density at radius 2 is 1.54 bits per heavy atom. The zero-order valence-corrected chi connectivity index (χ0v) is 15.3. The molecule has 0 aromatic heterocycles. The van der Waals surface area contributed by atoms with Gasteiger partial charge in [0.05, 0.1) is 0 Å². The second-order valence-electron chi connectivity index (χ2n) is 5.79. The molecule has 0 aliphatic carbocycles. The van der Waals surface area contributed by atoms with E-state index in [9.17, 15) is 0 Å². The molecule has 1 unspecified atom stereocenters. The van der Waals surface area contributed by atoms with Gasteiger partial charge in [0.1, 0.15) is 0 Å². The summed E-state index contributed by atoms with van der Waals surface area (Å²) >= 11 is -1.04. The van der Waals surface area contributed by atoms with E-state index < -0.39 is 13.9 Å². The van der Waals surface area contributed by atoms with Gasteiger partial charge < -0.3 is 0 Å². The number of ether oxygens (including phenoxy) is 1. The van der Waals surface area contributed by atoms with Crippen LogP contribution in [0.1, 0.15) is 16.7 Å². The molecule has 0 spiro atoms. The van der Waals surface area contributed by atoms with Crippen molar-refractivity contribution in [3.8, 4) is 5.75 Å². The van der Waals surface area contributed by atoms with Gasteiger partial charge in [0, 0.05) is 0 Å². The number of rotatable bonds is 3. The normalized spacial score (nSPS) is 17.7. The van der Waals surface area contributed by atoms with Crippen LogP contribution in [0, 0.1) is 0 Å². The van der Waals surface area contributed by atoms with Crippen LogP contribution >= 0.6 is 0 Å². The molecule has 1 nitrogen and oxygen atoms in total. The quantitative estimate of drug-likeness (QED) is 0.619. The molecule has 0 radical (unpaired) electrons. The average Bonchev–Trinajstić information content (AvgIpc) is 3.02. The van der Waals surface area contributed by atoms with E-state index in [0.29, 0.717) is 0 Å². The van der Waals surface area contributed by atoms with Crippen molar-refractivity contribution >= 4 is 28.9 Å². The van der Waals surface area contributed by atoms with Crippen molar-refractivity contribution in [3.63, 3.8) is 0 Å². The van der Waals surface area contributed by atoms with Gasteiger partial charge in [-0.25, -0.2) is 0 Å². The van der Waals surface area contributed by atoms with Gasteiger partial charge in [-0.15, -0.1) is 0 Å². The Morgan fingerprint density at radius 1 is 0.833 bits per heavy atom. The van der Waals surface area contributed by atoms with Crippen molar-refractivity contribution in [1.29, 1.82) is 0 Å². The first-order valence-electron chi connectivity index (χ1n) is 8.05. The predicted molar refractivity (Wildman–Crippen MR) is 103 cm³/mol. The molecule has 3 aromatic rings. The van der Waals surface area contributed by atoms with Gasteiger partial charge >= 0.3 is 147 Å². The second-order valence-corrected chi connectivity index (χ2v) is 9.94. The third-order valence-electron chi connectivity index (χ3n) is 4.29. The maximum atomic E-state index is 5.27. The molecule has 1 heterocycles. The fourth-order valence-corrected chi connectivity index (χ4v) is 8.02. The molecule has 3 aromatic carbocycles. The molecule has 0 bridgehead atoms. The molecule has 4 rings (SSSR count). The monoisotopic (exact) mass is 379 g/mol. The van der Waals surface area contributed by atoms with Crippen LogP contribution in [0.5, 0.6) is 5.75 Å². The molecule has 0 fully saturated rings. The Labute approximate surface area is 147 Å². The summed E-state index contributed by atoms with van der Waals surface area (Å²) in [4.78, 5) is 0. The zero-order valence-electron chi connectivity index (χ0n) is 13.6. The van der Waals surface area contributed by atoms with Crippen LogP contribution < -0.4 is 9.20 Å². The molecule has 2 heteroatoms. The minimum absolute atomic E-state index is 0.902. The summed E-state index contributed by atoms with van der Waals surface area (Å²) in [5, 5.41) is 1.20. The number of benzene rings is 3. The summed E-state index contributed by atoms with van der Waals surface area (Å²) in [6.07, 6.45) is 2.38. The number of hydrogen-bond acceptors (Lipinski definition) is 1. The van der Waals surface area contributed by atoms with Crippen molar-refractivity contribution in [3.05, 3.63) is 95.6 Å². The summed E-state index contributed by atoms with van der Waals surface area (Å²) in [5.74, 6) is 0.902. The first kappa shape index (κ1) is 15.3. The van der Waals surface area contributed by atoms with Gasteiger partial charge in [0.15, 0.2) is 0 Å². The molecule has 0 saturated carbocycles. The SMILES string of the molecule is COc1ccc(/C=C2/c3ccccc3C[Se+]2c2ccccc2)cc1. The van der Waals surface area contributed by atoms with Crippen LogP contribution in [0.2, 0.25) is 0 Å². The Kier molecular flexibility index (Phi) is 4.25. The predicted octanol–water partition coefficient (Wildman–Crippen LogP) is 4.27. The van der Waals surface area contributed by atoms with Crippen molar-refractivity contribution in [2.45, 2.75) is 5.32 Å². The molecule has 0 saturated heterocycles. The van der Waals surface area contributed by atoms with Crippen LogP contribution in [-0.2, 0) is 5.32 Å². The molecular weight excluding hydrogens is 359 g/mol. The van der Waals surface area contributed by atoms with E-state index in [2.05, 4.69) is 72.8 Å². The standard InChI is InChI=1S/C22H19OSe/c1-23-19-13-11-17(12-14-19)15-22-21-10-6-5-7-18(21)16-24(22)20-8-3-2-4-9-20/h2-15H,16H2,1H3/q+1/b22-15-. The van der Waals surface area contributed by atoms with E-state index in [1.807, 2.05) is 12.1 Å². The molecule has 118 valence electrons. The van der Waals surface area contributed by atoms with Gasteiger partial charge in [0.2, 0.25) is 0 Å². The Balaban J connectivity index is 1.79. The van der Waals surface area contributed by atoms with E-state index in [1.165, 1.54) is 30.9 Å². The second kappa shape index (κ2) is 6.68. The molecule has 0 N–H and O–H groups in total. The number of hydrogen-bond donors (Lipinski definition) is 0. The minimum atomic E-state index is -1.04. The summed E-state index contributed by atoms with van der Waals surface area (Å²) in [5.41, 5.74) is 4.17. The molecular formula is C22H19OSe+. The Morgan fingerprint density at radius 3 is 2.29 bits per heavy atom. The summed E-state index contributed by atoms with van der Waals surface area (Å²) in [6, 6.07) is 28.2. The number of methoxy groups -OCH3 is 1. The first-order valence-corrected chi connectivity index (χ1v) is 11.0. The fourth-order valence-electron chi connectivity index (χ4n) is 3.05. The molecule has 1 aliphatic heterocycles. The van der Waals surface area contributed by atoms with E-state index in [-0.39, 0.29) is 0 Å². The van der Waals surface area contributed by atoms with E-state index in [0.717, 1.165) is 5.75 Å². The summed E-state index contributed by atoms with van der Waals surface area (Å²) in [7, 11) is 1.71. The van der Waals surface area contributed by atoms with E-state index in [1.54, 1.807) is 7.11 Å². The van der Waals surface area contributed by atoms with Crippen LogP contribution in [0.15, 0.2) is 78.9 Å². The topological polar surface area (TPSA) is 9.23 Å². The van der Waals surface area contributed by atoms with Gasteiger partial charge in [0.25, 0.3) is 0 Å². The number of fused-ring (bicyclic) bond motifs is 1. The third kappa shape index (κ3) is 2.91. The van der Waals surface area contributed by atoms with Crippen LogP contribution in [0.4, 0.5) is 0 Å². The van der Waals surface area contributed by atoms with Crippen molar-refractivity contribution < 1.29 is 4.74 Å². The average molecular weight is 378 g/mol. The van der Waals surface area contributed by atoms with Gasteiger partial charge in [-0.1, -0.05) is 0 Å². The third-order valence-corrected chi connectivity index (χ3v) is 9.14. The van der Waals surface area contributed by atoms with Gasteiger partial charge in [-0.05, 0) is 0 Å². The van der Waals surface area contributed by atoms with E-state index in [4.69, 9.17) is 4.74 Å². The Hall–Kier alpha value is -2.28. The van der Waals surface area contributed by atoms with Crippen molar-refractivity contribution in [1.82, 2.24) is 0 Å². The van der Waals surface area contributed by atoms with Crippen LogP contribution in [-0.4, -0.2) is 21.0 Å². The zero-order chi connectivity index (χ0) is 16.4. The molecule has 0 amide bonds. The summed E-state index contributed by atoms with van der Waals surface area (Å²) < 4.78 is 8.31. The molecule has 1 aliphatic rings. The van der Waals surface area contributed by atoms with Crippen molar-refractivity contribution in [2.24, 2.45) is 0 Å². The van der Waals surface area contributed by atoms with Gasteiger partial charge in [-0.3, -0.25) is 0 Å². The van der Waals surface area contributed by atoms with Crippen molar-refractivity contribution in [2.75, 3.05) is 7.11 Å². The Bertz CT molecular complexity index is 866. The van der Waals surface area contributed by atoms with Crippen LogP contribution in [0.25, 0.3) is 10.5 Å². The molecule has 1 atom stereocenters.